The molecule has 2 aliphatic rings. The lowest BCUT2D eigenvalue weighted by Crippen LogP contribution is -2.52. The Labute approximate surface area is 228 Å². The van der Waals surface area contributed by atoms with Gasteiger partial charge in [0, 0.05) is 30.2 Å². The minimum absolute atomic E-state index is 0.0664. The molecule has 4 atom stereocenters. The van der Waals surface area contributed by atoms with Crippen molar-refractivity contribution in [2.45, 2.75) is 95.3 Å². The van der Waals surface area contributed by atoms with Crippen LogP contribution in [0.4, 0.5) is 17.6 Å². The Hall–Kier alpha value is -2.21. The van der Waals surface area contributed by atoms with E-state index >= 15 is 0 Å². The summed E-state index contributed by atoms with van der Waals surface area (Å²) in [5.74, 6) is -5.48. The molecule has 0 bridgehead atoms. The highest BCUT2D eigenvalue weighted by Crippen LogP contribution is 2.44. The zero-order valence-electron chi connectivity index (χ0n) is 23.3. The van der Waals surface area contributed by atoms with E-state index in [1.807, 2.05) is 20.9 Å². The van der Waals surface area contributed by atoms with Gasteiger partial charge < -0.3 is 15.5 Å². The van der Waals surface area contributed by atoms with Gasteiger partial charge in [0.1, 0.15) is 5.82 Å². The number of benzene rings is 1. The highest BCUT2D eigenvalue weighted by atomic mass is 32.2. The lowest BCUT2D eigenvalue weighted by atomic mass is 9.80. The third-order valence-corrected chi connectivity index (χ3v) is 11.1. The van der Waals surface area contributed by atoms with Crippen molar-refractivity contribution in [3.05, 3.63) is 34.6 Å². The van der Waals surface area contributed by atoms with Crippen LogP contribution in [0, 0.1) is 11.7 Å². The third-order valence-electron chi connectivity index (χ3n) is 8.40. The Morgan fingerprint density at radius 3 is 2.28 bits per heavy atom. The number of nitrogens with two attached hydrogens (primary N) is 1. The summed E-state index contributed by atoms with van der Waals surface area (Å²) in [4.78, 5) is 29.4. The minimum Gasteiger partial charge on any atom is -0.366 e. The second-order valence-corrected chi connectivity index (χ2v) is 14.9. The number of primary amides is 1. The van der Waals surface area contributed by atoms with Crippen LogP contribution in [0.15, 0.2) is 12.1 Å². The van der Waals surface area contributed by atoms with E-state index in [0.29, 0.717) is 25.3 Å². The molecule has 2 amide bonds. The van der Waals surface area contributed by atoms with Crippen molar-refractivity contribution in [3.63, 3.8) is 0 Å². The van der Waals surface area contributed by atoms with E-state index in [1.165, 1.54) is 4.90 Å². The first-order valence-electron chi connectivity index (χ1n) is 13.2. The molecule has 2 fully saturated rings. The third kappa shape index (κ3) is 6.26. The van der Waals surface area contributed by atoms with Gasteiger partial charge in [-0.15, -0.1) is 0 Å². The van der Waals surface area contributed by atoms with Crippen molar-refractivity contribution in [2.24, 2.45) is 11.7 Å². The summed E-state index contributed by atoms with van der Waals surface area (Å²) < 4.78 is 81.8. The first kappa shape index (κ1) is 31.3. The van der Waals surface area contributed by atoms with Gasteiger partial charge in [-0.2, -0.15) is 13.2 Å². The fraction of sp³-hybridized carbons (Fsp3) is 0.704. The van der Waals surface area contributed by atoms with Gasteiger partial charge in [0.25, 0.3) is 0 Å². The largest absolute Gasteiger partial charge is 0.419 e. The first-order valence-corrected chi connectivity index (χ1v) is 14.9. The SMILES string of the molecule is CC(C)N(C)[C@@H]1CC[C@H](N2CC[C@@H](c3c(C(N)=O)ccc(F)c3C(F)(F)F)C2=O)[C@H](CS(=O)(=O)C(C)(C)C)C1. The van der Waals surface area contributed by atoms with Crippen LogP contribution in [-0.4, -0.2) is 72.2 Å². The zero-order chi connectivity index (χ0) is 29.7. The monoisotopic (exact) mass is 577 g/mol. The number of carbonyl (C=O) groups is 2. The van der Waals surface area contributed by atoms with Crippen LogP contribution in [0.3, 0.4) is 0 Å². The standard InChI is InChI=1S/C27H39F4N3O4S/c1-15(2)33(6)17-7-10-21(16(13-17)14-39(37,38)26(3,4)5)34-12-11-19(25(34)36)22-18(24(32)35)8-9-20(28)23(22)27(29,30)31/h8-9,15-17,19,21H,7,10-14H2,1-6H3,(H2,32,35)/t16-,17+,19-,21-/m0/s1. The van der Waals surface area contributed by atoms with Crippen molar-refractivity contribution < 1.29 is 35.6 Å². The molecule has 1 aliphatic heterocycles. The van der Waals surface area contributed by atoms with Gasteiger partial charge in [-0.1, -0.05) is 0 Å². The molecule has 1 saturated heterocycles. The number of alkyl halides is 3. The van der Waals surface area contributed by atoms with Crippen LogP contribution in [0.25, 0.3) is 0 Å². The van der Waals surface area contributed by atoms with Crippen molar-refractivity contribution in [1.29, 1.82) is 0 Å². The lowest BCUT2D eigenvalue weighted by molar-refractivity contribution is -0.141. The highest BCUT2D eigenvalue weighted by Gasteiger charge is 2.49. The molecule has 1 aromatic rings. The van der Waals surface area contributed by atoms with E-state index in [4.69, 9.17) is 5.73 Å². The van der Waals surface area contributed by atoms with Crippen molar-refractivity contribution in [1.82, 2.24) is 9.80 Å². The van der Waals surface area contributed by atoms with Crippen LogP contribution in [0.2, 0.25) is 0 Å². The van der Waals surface area contributed by atoms with E-state index in [1.54, 1.807) is 20.8 Å². The first-order chi connectivity index (χ1) is 17.8. The lowest BCUT2D eigenvalue weighted by Gasteiger charge is -2.45. The number of carbonyl (C=O) groups excluding carboxylic acids is 2. The van der Waals surface area contributed by atoms with E-state index in [0.717, 1.165) is 6.07 Å². The summed E-state index contributed by atoms with van der Waals surface area (Å²) in [5.41, 5.74) is 2.40. The van der Waals surface area contributed by atoms with Gasteiger partial charge in [0.2, 0.25) is 11.8 Å². The summed E-state index contributed by atoms with van der Waals surface area (Å²) in [6.45, 7) is 8.98. The maximum Gasteiger partial charge on any atom is 0.419 e. The second kappa shape index (κ2) is 11.0. The molecular weight excluding hydrogens is 538 g/mol. The summed E-state index contributed by atoms with van der Waals surface area (Å²) in [7, 11) is -1.61. The molecule has 0 unspecified atom stereocenters. The fourth-order valence-electron chi connectivity index (χ4n) is 5.89. The fourth-order valence-corrected chi connectivity index (χ4v) is 7.31. The number of sulfone groups is 1. The maximum absolute atomic E-state index is 14.5. The van der Waals surface area contributed by atoms with Crippen LogP contribution in [0.1, 0.15) is 87.7 Å². The number of amides is 2. The molecule has 0 aromatic heterocycles. The average molecular weight is 578 g/mol. The van der Waals surface area contributed by atoms with E-state index in [9.17, 15) is 35.6 Å². The molecule has 1 saturated carbocycles. The van der Waals surface area contributed by atoms with Gasteiger partial charge >= 0.3 is 6.18 Å². The second-order valence-electron chi connectivity index (χ2n) is 12.1. The van der Waals surface area contributed by atoms with Crippen LogP contribution in [-0.2, 0) is 20.8 Å². The number of nitrogens with zero attached hydrogens (tertiary/aromatic N) is 2. The predicted molar refractivity (Wildman–Crippen MR) is 140 cm³/mol. The number of halogens is 4. The summed E-state index contributed by atoms with van der Waals surface area (Å²) in [5, 5.41) is 0. The molecule has 3 rings (SSSR count). The van der Waals surface area contributed by atoms with Gasteiger partial charge in [-0.3, -0.25) is 9.59 Å². The van der Waals surface area contributed by atoms with E-state index in [2.05, 4.69) is 4.90 Å². The normalized spacial score (nSPS) is 25.1. The number of rotatable bonds is 7. The Balaban J connectivity index is 2.02. The molecule has 1 aromatic carbocycles. The molecular formula is C27H39F4N3O4S. The maximum atomic E-state index is 14.5. The minimum atomic E-state index is -5.15. The van der Waals surface area contributed by atoms with Crippen molar-refractivity contribution >= 4 is 21.7 Å². The molecule has 220 valence electrons. The Kier molecular flexibility index (Phi) is 8.82. The predicted octanol–water partition coefficient (Wildman–Crippen LogP) is 4.35. The average Bonchev–Trinajstić information content (AvgIpc) is 3.16. The van der Waals surface area contributed by atoms with E-state index < -0.39 is 73.0 Å². The molecule has 1 aliphatic carbocycles. The van der Waals surface area contributed by atoms with Crippen LogP contribution < -0.4 is 5.73 Å². The number of likely N-dealkylation sites (tertiary alicyclic amines) is 1. The quantitative estimate of drug-likeness (QED) is 0.486. The molecule has 39 heavy (non-hydrogen) atoms. The summed E-state index contributed by atoms with van der Waals surface area (Å²) in [6, 6.07) is 1.19. The van der Waals surface area contributed by atoms with Crippen molar-refractivity contribution in [2.75, 3.05) is 19.3 Å². The molecule has 1 heterocycles. The van der Waals surface area contributed by atoms with Gasteiger partial charge in [0.05, 0.1) is 22.0 Å². The molecule has 7 nitrogen and oxygen atoms in total. The molecule has 0 radical (unpaired) electrons. The van der Waals surface area contributed by atoms with Gasteiger partial charge in [-0.25, -0.2) is 12.8 Å². The van der Waals surface area contributed by atoms with Crippen LogP contribution >= 0.6 is 0 Å². The highest BCUT2D eigenvalue weighted by molar-refractivity contribution is 7.92. The topological polar surface area (TPSA) is 101 Å². The Bertz CT molecular complexity index is 1210. The molecule has 12 heteroatoms. The zero-order valence-corrected chi connectivity index (χ0v) is 24.1. The van der Waals surface area contributed by atoms with Crippen LogP contribution in [0.5, 0.6) is 0 Å². The Morgan fingerprint density at radius 2 is 1.77 bits per heavy atom. The van der Waals surface area contributed by atoms with Crippen molar-refractivity contribution in [3.8, 4) is 0 Å². The van der Waals surface area contributed by atoms with E-state index in [-0.39, 0.29) is 30.8 Å². The smallest absolute Gasteiger partial charge is 0.366 e. The molecule has 0 spiro atoms. The Morgan fingerprint density at radius 1 is 1.15 bits per heavy atom. The molecule has 2 N–H and O–H groups in total. The summed E-state index contributed by atoms with van der Waals surface area (Å²) in [6.07, 6.45) is -3.57. The number of hydrogen-bond acceptors (Lipinski definition) is 5. The number of hydrogen-bond donors (Lipinski definition) is 1. The summed E-state index contributed by atoms with van der Waals surface area (Å²) >= 11 is 0. The van der Waals surface area contributed by atoms with Gasteiger partial charge in [-0.05, 0) is 91.0 Å². The van der Waals surface area contributed by atoms with Gasteiger partial charge in [0.15, 0.2) is 9.84 Å².